The quantitative estimate of drug-likeness (QED) is 0.0916. The number of β-amino-alcohol motifs (C(OH)–C–C–N with tert-alkyl or cyclic N) is 1. The van der Waals surface area contributed by atoms with Crippen molar-refractivity contribution in [3.05, 3.63) is 53.7 Å². The van der Waals surface area contributed by atoms with Gasteiger partial charge in [0.05, 0.1) is 17.0 Å². The largest absolute Gasteiger partial charge is 0.504 e. The van der Waals surface area contributed by atoms with Crippen LogP contribution in [0.1, 0.15) is 77.7 Å². The topological polar surface area (TPSA) is 183 Å². The molecule has 1 fully saturated rings. The summed E-state index contributed by atoms with van der Waals surface area (Å²) in [6.07, 6.45) is 2.67. The molecule has 12 heteroatoms. The number of amides is 1. The van der Waals surface area contributed by atoms with Crippen molar-refractivity contribution in [1.82, 2.24) is 20.9 Å². The maximum Gasteiger partial charge on any atom is 0.231 e. The number of rotatable bonds is 13. The number of carbonyl (C=O) groups excluding carboxylic acids is 1. The second kappa shape index (κ2) is 17.2. The number of aromatic nitrogens is 1. The second-order valence-electron chi connectivity index (χ2n) is 13.4. The number of H-pyrrole nitrogens is 1. The summed E-state index contributed by atoms with van der Waals surface area (Å²) < 4.78 is 5.86. The van der Waals surface area contributed by atoms with E-state index in [2.05, 4.69) is 63.7 Å². The number of ether oxygens (including phenoxy) is 1. The Hall–Kier alpha value is -3.34. The summed E-state index contributed by atoms with van der Waals surface area (Å²) >= 11 is 3.22. The number of phenolic OH excluding ortho intramolecular Hbond substituents is 2. The predicted molar refractivity (Wildman–Crippen MR) is 187 cm³/mol. The van der Waals surface area contributed by atoms with Crippen LogP contribution in [0.25, 0.3) is 10.9 Å². The molecule has 258 valence electrons. The fraction of sp³-hybridized carbons (Fsp3) is 0.543. The van der Waals surface area contributed by atoms with Crippen molar-refractivity contribution in [2.45, 2.75) is 89.6 Å². The summed E-state index contributed by atoms with van der Waals surface area (Å²) in [6, 6.07) is 14.1. The van der Waals surface area contributed by atoms with Crippen LogP contribution in [0.3, 0.4) is 0 Å². The van der Waals surface area contributed by atoms with Gasteiger partial charge in [0.1, 0.15) is 30.2 Å². The average molecular weight is 717 g/mol. The number of aliphatic hydroxyl groups is 2. The first-order valence-corrected chi connectivity index (χ1v) is 17.2. The van der Waals surface area contributed by atoms with Crippen LogP contribution in [0.15, 0.2) is 42.5 Å². The van der Waals surface area contributed by atoms with E-state index < -0.39 is 12.2 Å². The lowest BCUT2D eigenvalue weighted by Gasteiger charge is -2.44. The molecule has 3 aromatic rings. The Morgan fingerprint density at radius 1 is 1.13 bits per heavy atom. The van der Waals surface area contributed by atoms with E-state index in [1.165, 1.54) is 12.1 Å². The fourth-order valence-corrected chi connectivity index (χ4v) is 5.92. The van der Waals surface area contributed by atoms with Gasteiger partial charge in [-0.25, -0.2) is 0 Å². The normalized spacial score (nSPS) is 19.4. The lowest BCUT2D eigenvalue weighted by Crippen LogP contribution is -2.54. The molecule has 2 atom stereocenters. The predicted octanol–water partition coefficient (Wildman–Crippen LogP) is 4.74. The summed E-state index contributed by atoms with van der Waals surface area (Å²) in [5, 5.41) is 58.5. The zero-order chi connectivity index (χ0) is 34.8. The van der Waals surface area contributed by atoms with Gasteiger partial charge in [0.15, 0.2) is 11.5 Å². The highest BCUT2D eigenvalue weighted by molar-refractivity contribution is 9.09. The van der Waals surface area contributed by atoms with Crippen LogP contribution in [0.4, 0.5) is 0 Å². The van der Waals surface area contributed by atoms with Gasteiger partial charge in [0, 0.05) is 35.6 Å². The second-order valence-corrected chi connectivity index (χ2v) is 14.0. The van der Waals surface area contributed by atoms with Gasteiger partial charge < -0.3 is 46.1 Å². The maximum atomic E-state index is 11.8. The number of aromatic hydroxyl groups is 2. The molecular formula is C35H50BrN5O6. The molecule has 47 heavy (non-hydrogen) atoms. The van der Waals surface area contributed by atoms with Gasteiger partial charge in [0.2, 0.25) is 5.91 Å². The zero-order valence-electron chi connectivity index (χ0n) is 27.9. The molecule has 1 heterocycles. The minimum Gasteiger partial charge on any atom is -0.504 e. The van der Waals surface area contributed by atoms with Gasteiger partial charge in [-0.15, -0.1) is 0 Å². The average Bonchev–Trinajstić information content (AvgIpc) is 3.47. The molecule has 2 unspecified atom stereocenters. The minimum absolute atomic E-state index is 0.0174. The number of fused-ring (bicyclic) bond motifs is 1. The van der Waals surface area contributed by atoms with Gasteiger partial charge in [-0.1, -0.05) is 41.9 Å². The Labute approximate surface area is 285 Å². The molecule has 1 aliphatic rings. The highest BCUT2D eigenvalue weighted by Crippen LogP contribution is 2.37. The third-order valence-electron chi connectivity index (χ3n) is 8.74. The van der Waals surface area contributed by atoms with Crippen molar-refractivity contribution >= 4 is 32.7 Å². The number of benzene rings is 2. The van der Waals surface area contributed by atoms with Crippen LogP contribution in [-0.4, -0.2) is 79.6 Å². The summed E-state index contributed by atoms with van der Waals surface area (Å²) in [4.78, 5) is 14.8. The number of nitrogens with one attached hydrogen (secondary N) is 4. The van der Waals surface area contributed by atoms with Crippen molar-refractivity contribution in [3.8, 4) is 23.3 Å². The number of aromatic amines is 1. The van der Waals surface area contributed by atoms with Crippen LogP contribution in [-0.2, 0) is 4.79 Å². The van der Waals surface area contributed by atoms with E-state index in [0.29, 0.717) is 47.4 Å². The number of aliphatic hydroxyl groups excluding tert-OH is 2. The molecule has 1 saturated carbocycles. The number of hydrogen-bond donors (Lipinski definition) is 8. The van der Waals surface area contributed by atoms with Crippen LogP contribution in [0, 0.1) is 17.2 Å². The van der Waals surface area contributed by atoms with E-state index in [0.717, 1.165) is 36.6 Å². The van der Waals surface area contributed by atoms with E-state index in [-0.39, 0.29) is 35.1 Å². The van der Waals surface area contributed by atoms with Crippen molar-refractivity contribution in [3.63, 3.8) is 0 Å². The Balaban J connectivity index is 0.000000335. The molecule has 0 radical (unpaired) electrons. The summed E-state index contributed by atoms with van der Waals surface area (Å²) in [7, 11) is 0. The van der Waals surface area contributed by atoms with E-state index in [1.807, 2.05) is 32.0 Å². The van der Waals surface area contributed by atoms with Crippen molar-refractivity contribution in [1.29, 1.82) is 5.26 Å². The number of hydrogen-bond acceptors (Lipinski definition) is 9. The summed E-state index contributed by atoms with van der Waals surface area (Å²) in [5.74, 6) is 0.704. The molecular weight excluding hydrogens is 666 g/mol. The highest BCUT2D eigenvalue weighted by Gasteiger charge is 2.38. The molecule has 1 aliphatic carbocycles. The molecule has 0 bridgehead atoms. The van der Waals surface area contributed by atoms with Gasteiger partial charge in [0.25, 0.3) is 0 Å². The van der Waals surface area contributed by atoms with Crippen LogP contribution in [0.5, 0.6) is 17.2 Å². The fourth-order valence-electron chi connectivity index (χ4n) is 5.78. The maximum absolute atomic E-state index is 11.8. The standard InChI is InChI=1S/C24H33BrN4O3.C11H17NO3/c1-23(2,29-22(31)12-25)16-7-9-24(3,10-8-16)27-14-18(30)15-32-21-6-4-5-20-19(21)11-17(13-26)28-20;1-7(2)12-6-11(15)8-3-4-9(13)10(14)5-8/h4-6,11,16,18,27-28,30H,7-10,12,14-15H2,1-3H3,(H,29,31);3-5,7,11-15H,6H2,1-2H3. The lowest BCUT2D eigenvalue weighted by atomic mass is 9.70. The molecule has 0 spiro atoms. The number of alkyl halides is 1. The number of nitrogens with zero attached hydrogens (tertiary/aromatic N) is 1. The summed E-state index contributed by atoms with van der Waals surface area (Å²) in [6.45, 7) is 11.4. The minimum atomic E-state index is -0.682. The van der Waals surface area contributed by atoms with Gasteiger partial charge in [-0.3, -0.25) is 4.79 Å². The molecule has 11 nitrogen and oxygen atoms in total. The number of phenols is 2. The van der Waals surface area contributed by atoms with Gasteiger partial charge >= 0.3 is 0 Å². The molecule has 0 aliphatic heterocycles. The van der Waals surface area contributed by atoms with Crippen molar-refractivity contribution < 1.29 is 30.0 Å². The SMILES string of the molecule is CC(C)NCC(O)c1ccc(O)c(O)c1.CC1(NCC(O)COc2cccc3[nH]c(C#N)cc23)CCC(C(C)(C)NC(=O)CBr)CC1. The first-order valence-electron chi connectivity index (χ1n) is 16.0. The van der Waals surface area contributed by atoms with Gasteiger partial charge in [-0.2, -0.15) is 5.26 Å². The van der Waals surface area contributed by atoms with Gasteiger partial charge in [-0.05, 0) is 88.3 Å². The van der Waals surface area contributed by atoms with E-state index in [4.69, 9.17) is 15.1 Å². The molecule has 2 aromatic carbocycles. The Morgan fingerprint density at radius 3 is 2.45 bits per heavy atom. The molecule has 1 aromatic heterocycles. The zero-order valence-corrected chi connectivity index (χ0v) is 29.5. The van der Waals surface area contributed by atoms with Crippen molar-refractivity contribution in [2.24, 2.45) is 5.92 Å². The summed E-state index contributed by atoms with van der Waals surface area (Å²) in [5.41, 5.74) is 1.63. The Kier molecular flexibility index (Phi) is 13.9. The van der Waals surface area contributed by atoms with Crippen LogP contribution >= 0.6 is 15.9 Å². The number of carbonyl (C=O) groups is 1. The molecule has 4 rings (SSSR count). The monoisotopic (exact) mass is 715 g/mol. The molecule has 0 saturated heterocycles. The first-order chi connectivity index (χ1) is 22.2. The van der Waals surface area contributed by atoms with E-state index in [1.54, 1.807) is 12.1 Å². The Morgan fingerprint density at radius 2 is 1.83 bits per heavy atom. The third-order valence-corrected chi connectivity index (χ3v) is 9.25. The molecule has 1 amide bonds. The van der Waals surface area contributed by atoms with Crippen molar-refractivity contribution in [2.75, 3.05) is 25.0 Å². The van der Waals surface area contributed by atoms with E-state index in [9.17, 15) is 20.1 Å². The van der Waals surface area contributed by atoms with Crippen LogP contribution < -0.4 is 20.7 Å². The molecule has 8 N–H and O–H groups in total. The highest BCUT2D eigenvalue weighted by atomic mass is 79.9. The smallest absolute Gasteiger partial charge is 0.231 e. The lowest BCUT2D eigenvalue weighted by molar-refractivity contribution is -0.120. The van der Waals surface area contributed by atoms with Crippen LogP contribution in [0.2, 0.25) is 0 Å². The first kappa shape index (κ1) is 38.1. The third kappa shape index (κ3) is 11.4. The number of nitriles is 1. The Bertz CT molecular complexity index is 1500. The van der Waals surface area contributed by atoms with E-state index >= 15 is 0 Å². The number of halogens is 1.